The summed E-state index contributed by atoms with van der Waals surface area (Å²) in [6.07, 6.45) is 0. The summed E-state index contributed by atoms with van der Waals surface area (Å²) in [5, 5.41) is 4.92. The van der Waals surface area contributed by atoms with Crippen molar-refractivity contribution in [2.45, 2.75) is 106 Å². The zero-order valence-corrected chi connectivity index (χ0v) is 42.1. The molecule has 0 radical (unpaired) electrons. The van der Waals surface area contributed by atoms with Crippen LogP contribution in [0.2, 0.25) is 0 Å². The van der Waals surface area contributed by atoms with Gasteiger partial charge in [0.1, 0.15) is 11.2 Å². The Balaban J connectivity index is 1.29. The molecule has 336 valence electrons. The molecule has 8 aromatic carbocycles. The molecule has 0 saturated heterocycles. The van der Waals surface area contributed by atoms with E-state index >= 15 is 0 Å². The maximum Gasteiger partial charge on any atom is 0.333 e. The summed E-state index contributed by atoms with van der Waals surface area (Å²) < 4.78 is 10.0. The molecule has 4 heterocycles. The van der Waals surface area contributed by atoms with Gasteiger partial charge in [0, 0.05) is 60.8 Å². The van der Waals surface area contributed by atoms with E-state index in [1.165, 1.54) is 116 Å². The normalized spacial score (nSPS) is 13.6. The fourth-order valence-electron chi connectivity index (χ4n) is 11.9. The molecule has 0 spiro atoms. The summed E-state index contributed by atoms with van der Waals surface area (Å²) >= 11 is 0. The number of aromatic nitrogens is 1. The van der Waals surface area contributed by atoms with Gasteiger partial charge in [-0.25, -0.2) is 0 Å². The Morgan fingerprint density at radius 2 is 1.03 bits per heavy atom. The fraction of sp³-hybridized carbons (Fsp3) is 0.250. The molecular weight excluding hydrogens is 824 g/mol. The van der Waals surface area contributed by atoms with E-state index in [9.17, 15) is 0 Å². The Kier molecular flexibility index (Phi) is 9.00. The Hall–Kier alpha value is -6.78. The van der Waals surface area contributed by atoms with E-state index in [-0.39, 0.29) is 23.1 Å². The van der Waals surface area contributed by atoms with Crippen LogP contribution in [0.3, 0.4) is 0 Å². The summed E-state index contributed by atoms with van der Waals surface area (Å²) in [6, 6.07) is 51.6. The number of rotatable bonds is 3. The average Bonchev–Trinajstić information content (AvgIpc) is 3.81. The highest BCUT2D eigenvalue weighted by Gasteiger charge is 2.45. The van der Waals surface area contributed by atoms with Crippen molar-refractivity contribution in [3.8, 4) is 33.4 Å². The van der Waals surface area contributed by atoms with Crippen LogP contribution in [0.1, 0.15) is 101 Å². The lowest BCUT2D eigenvalue weighted by molar-refractivity contribution is 0.590. The van der Waals surface area contributed by atoms with Gasteiger partial charge < -0.3 is 13.8 Å². The molecule has 0 unspecified atom stereocenters. The summed E-state index contributed by atoms with van der Waals surface area (Å²) in [7, 11) is 0. The van der Waals surface area contributed by atoms with Crippen molar-refractivity contribution in [3.05, 3.63) is 172 Å². The second kappa shape index (κ2) is 14.4. The predicted molar refractivity (Wildman–Crippen MR) is 293 cm³/mol. The van der Waals surface area contributed by atoms with E-state index in [0.29, 0.717) is 0 Å². The molecule has 0 bridgehead atoms. The van der Waals surface area contributed by atoms with Gasteiger partial charge >= 0.3 is 6.85 Å². The van der Waals surface area contributed by atoms with Crippen LogP contribution in [0.5, 0.6) is 0 Å². The Morgan fingerprint density at radius 1 is 0.456 bits per heavy atom. The van der Waals surface area contributed by atoms with Gasteiger partial charge in [-0.1, -0.05) is 135 Å². The van der Waals surface area contributed by atoms with Crippen LogP contribution in [0, 0.1) is 27.7 Å². The highest BCUT2D eigenvalue weighted by Crippen LogP contribution is 2.52. The van der Waals surface area contributed by atoms with E-state index in [2.05, 4.69) is 233 Å². The molecule has 12 rings (SSSR count). The number of aryl methyl sites for hydroxylation is 4. The van der Waals surface area contributed by atoms with Gasteiger partial charge in [0.25, 0.3) is 0 Å². The van der Waals surface area contributed by atoms with Crippen molar-refractivity contribution < 1.29 is 4.42 Å². The van der Waals surface area contributed by atoms with Gasteiger partial charge in [-0.3, -0.25) is 0 Å². The van der Waals surface area contributed by atoms with Crippen molar-refractivity contribution in [2.24, 2.45) is 0 Å². The molecule has 0 amide bonds. The second-order valence-electron chi connectivity index (χ2n) is 23.2. The van der Waals surface area contributed by atoms with Crippen LogP contribution < -0.4 is 15.8 Å². The highest BCUT2D eigenvalue weighted by atomic mass is 16.3. The van der Waals surface area contributed by atoms with E-state index in [1.54, 1.807) is 0 Å². The molecule has 0 N–H and O–H groups in total. The third-order valence-electron chi connectivity index (χ3n) is 15.5. The number of benzene rings is 8. The maximum absolute atomic E-state index is 7.31. The number of nitrogens with zero attached hydrogens (tertiary/aromatic N) is 2. The van der Waals surface area contributed by atoms with E-state index in [0.717, 1.165) is 27.6 Å². The molecule has 0 fully saturated rings. The molecule has 2 aromatic heterocycles. The quantitative estimate of drug-likeness (QED) is 0.165. The van der Waals surface area contributed by atoms with E-state index in [4.69, 9.17) is 4.42 Å². The van der Waals surface area contributed by atoms with Crippen molar-refractivity contribution in [2.75, 3.05) is 4.90 Å². The first-order valence-corrected chi connectivity index (χ1v) is 24.6. The molecule has 2 aliphatic rings. The molecule has 4 heteroatoms. The van der Waals surface area contributed by atoms with Gasteiger partial charge in [0.15, 0.2) is 0 Å². The zero-order chi connectivity index (χ0) is 47.5. The zero-order valence-electron chi connectivity index (χ0n) is 42.1. The number of furan rings is 1. The van der Waals surface area contributed by atoms with Crippen LogP contribution in [-0.2, 0) is 16.2 Å². The fourth-order valence-corrected chi connectivity index (χ4v) is 11.9. The molecule has 2 aliphatic heterocycles. The minimum Gasteiger partial charge on any atom is -0.455 e. The van der Waals surface area contributed by atoms with Crippen LogP contribution in [0.4, 0.5) is 17.1 Å². The third-order valence-corrected chi connectivity index (χ3v) is 15.5. The van der Waals surface area contributed by atoms with Crippen molar-refractivity contribution in [1.29, 1.82) is 0 Å². The first kappa shape index (κ1) is 42.6. The average molecular weight is 885 g/mol. The lowest BCUT2D eigenvalue weighted by Gasteiger charge is -2.41. The van der Waals surface area contributed by atoms with Gasteiger partial charge in [-0.2, -0.15) is 0 Å². The molecular formula is C64H61BN2O. The summed E-state index contributed by atoms with van der Waals surface area (Å²) in [6.45, 7) is 29.8. The first-order chi connectivity index (χ1) is 32.3. The molecule has 0 saturated carbocycles. The SMILES string of the molecule is Cc1cccc(C)c1-c1cccc(N2c3cc(-c4c(C)cccc4C)ccc3B3c4c2cc2c(oc5ccc(C(C)(C)C)cc52)c4-c2cc(C(C)(C)C)cc4c5cc(C(C)(C)C)ccc5n3c24)c1. The highest BCUT2D eigenvalue weighted by molar-refractivity contribution is 6.90. The molecule has 10 aromatic rings. The number of hydrogen-bond donors (Lipinski definition) is 0. The second-order valence-corrected chi connectivity index (χ2v) is 23.2. The summed E-state index contributed by atoms with van der Waals surface area (Å²) in [4.78, 5) is 2.60. The van der Waals surface area contributed by atoms with Crippen LogP contribution in [-0.4, -0.2) is 11.3 Å². The van der Waals surface area contributed by atoms with Crippen molar-refractivity contribution in [1.82, 2.24) is 4.48 Å². The Bertz CT molecular complexity index is 3760. The molecule has 68 heavy (non-hydrogen) atoms. The summed E-state index contributed by atoms with van der Waals surface area (Å²) in [5.41, 5.74) is 27.0. The smallest absolute Gasteiger partial charge is 0.333 e. The third kappa shape index (κ3) is 6.18. The van der Waals surface area contributed by atoms with Crippen molar-refractivity contribution in [3.63, 3.8) is 0 Å². The first-order valence-electron chi connectivity index (χ1n) is 24.6. The standard InChI is InChI=1S/C64H61BN2O/c1-36-17-14-18-37(2)56(36)40-21-16-22-45(29-40)66-53-30-41(57-38(3)19-15-20-39(57)4)23-26-51(53)65-59-54(66)35-49-47-32-43(63(8,9)10)25-28-55(47)68-61(49)58(59)50-34-44(64(11,12)13)33-48-46-31-42(62(5,6)7)24-27-52(46)67(65)60(48)50/h14-35H,1-13H3. The predicted octanol–water partition coefficient (Wildman–Crippen LogP) is 16.6. The van der Waals surface area contributed by atoms with Gasteiger partial charge in [0.2, 0.25) is 0 Å². The number of hydrogen-bond acceptors (Lipinski definition) is 2. The van der Waals surface area contributed by atoms with Gasteiger partial charge in [-0.15, -0.1) is 0 Å². The Labute approximate surface area is 402 Å². The molecule has 0 atom stereocenters. The summed E-state index contributed by atoms with van der Waals surface area (Å²) in [5.74, 6) is 0. The van der Waals surface area contributed by atoms with Crippen LogP contribution in [0.15, 0.2) is 138 Å². The van der Waals surface area contributed by atoms with Gasteiger partial charge in [-0.05, 0) is 177 Å². The minimum atomic E-state index is -0.128. The van der Waals surface area contributed by atoms with E-state index in [1.807, 2.05) is 0 Å². The lowest BCUT2D eigenvalue weighted by Crippen LogP contribution is -2.56. The maximum atomic E-state index is 7.31. The number of fused-ring (bicyclic) bond motifs is 11. The Morgan fingerprint density at radius 3 is 1.66 bits per heavy atom. The number of anilines is 3. The largest absolute Gasteiger partial charge is 0.455 e. The van der Waals surface area contributed by atoms with Crippen molar-refractivity contribution >= 4 is 78.6 Å². The minimum absolute atomic E-state index is 0.0108. The van der Waals surface area contributed by atoms with Gasteiger partial charge in [0.05, 0.1) is 0 Å². The topological polar surface area (TPSA) is 21.3 Å². The molecule has 0 aliphatic carbocycles. The lowest BCUT2D eigenvalue weighted by atomic mass is 9.45. The monoisotopic (exact) mass is 884 g/mol. The molecule has 3 nitrogen and oxygen atoms in total. The van der Waals surface area contributed by atoms with Crippen LogP contribution in [0.25, 0.3) is 77.1 Å². The van der Waals surface area contributed by atoms with E-state index < -0.39 is 0 Å². The van der Waals surface area contributed by atoms with Crippen LogP contribution >= 0.6 is 0 Å².